The molecule has 1 aliphatic rings. The molecular formula is C17H20F4O2. The fraction of sp³-hybridized carbons (Fsp3) is 0.588. The Morgan fingerprint density at radius 3 is 2.43 bits per heavy atom. The molecule has 6 heteroatoms. The summed E-state index contributed by atoms with van der Waals surface area (Å²) in [6.07, 6.45) is -1.57. The van der Waals surface area contributed by atoms with Crippen LogP contribution in [0.1, 0.15) is 45.6 Å². The van der Waals surface area contributed by atoms with Crippen molar-refractivity contribution >= 4 is 6.29 Å². The molecule has 0 N–H and O–H groups in total. The van der Waals surface area contributed by atoms with E-state index in [0.29, 0.717) is 5.56 Å². The summed E-state index contributed by atoms with van der Waals surface area (Å²) < 4.78 is 54.5. The van der Waals surface area contributed by atoms with Crippen LogP contribution in [0.2, 0.25) is 0 Å². The maximum absolute atomic E-state index is 14.1. The van der Waals surface area contributed by atoms with Gasteiger partial charge >= 0.3 is 6.36 Å². The molecule has 0 heterocycles. The zero-order valence-corrected chi connectivity index (χ0v) is 13.3. The van der Waals surface area contributed by atoms with Gasteiger partial charge < -0.3 is 9.53 Å². The fourth-order valence-electron chi connectivity index (χ4n) is 3.94. The van der Waals surface area contributed by atoms with E-state index in [1.807, 2.05) is 20.8 Å². The summed E-state index contributed by atoms with van der Waals surface area (Å²) in [5, 5.41) is 0. The van der Waals surface area contributed by atoms with Gasteiger partial charge in [-0.05, 0) is 41.9 Å². The highest BCUT2D eigenvalue weighted by molar-refractivity contribution is 5.71. The minimum absolute atomic E-state index is 0.0301. The molecule has 1 aliphatic carbocycles. The number of hydrogen-bond acceptors (Lipinski definition) is 2. The van der Waals surface area contributed by atoms with Crippen LogP contribution in [-0.2, 0) is 10.2 Å². The van der Waals surface area contributed by atoms with Crippen molar-refractivity contribution in [1.82, 2.24) is 0 Å². The average molecular weight is 332 g/mol. The van der Waals surface area contributed by atoms with E-state index in [2.05, 4.69) is 4.74 Å². The van der Waals surface area contributed by atoms with E-state index in [0.717, 1.165) is 37.7 Å². The van der Waals surface area contributed by atoms with E-state index >= 15 is 0 Å². The Kier molecular flexibility index (Phi) is 4.48. The minimum atomic E-state index is -4.96. The van der Waals surface area contributed by atoms with E-state index < -0.39 is 28.8 Å². The van der Waals surface area contributed by atoms with Gasteiger partial charge in [0.2, 0.25) is 0 Å². The Hall–Kier alpha value is -1.59. The molecule has 23 heavy (non-hydrogen) atoms. The standard InChI is InChI=1S/C17H20F4O2/c1-11-5-4-8-15(2,3)16(11,10-22)12-6-7-14(13(18)9-12)23-17(19,20)21/h6-7,9-11H,4-5,8H2,1-3H3/t11-,16+/m0/s1. The van der Waals surface area contributed by atoms with Crippen LogP contribution in [0, 0.1) is 17.2 Å². The Labute approximate surface area is 132 Å². The van der Waals surface area contributed by atoms with Crippen molar-refractivity contribution in [2.24, 2.45) is 11.3 Å². The summed E-state index contributed by atoms with van der Waals surface area (Å²) in [7, 11) is 0. The topological polar surface area (TPSA) is 26.3 Å². The van der Waals surface area contributed by atoms with Crippen LogP contribution in [0.5, 0.6) is 5.75 Å². The summed E-state index contributed by atoms with van der Waals surface area (Å²) in [4.78, 5) is 12.0. The largest absolute Gasteiger partial charge is 0.573 e. The molecule has 1 saturated carbocycles. The maximum atomic E-state index is 14.1. The average Bonchev–Trinajstić information content (AvgIpc) is 2.40. The highest BCUT2D eigenvalue weighted by Gasteiger charge is 2.52. The molecule has 2 atom stereocenters. The minimum Gasteiger partial charge on any atom is -0.403 e. The van der Waals surface area contributed by atoms with Crippen LogP contribution >= 0.6 is 0 Å². The smallest absolute Gasteiger partial charge is 0.403 e. The third-order valence-corrected chi connectivity index (χ3v) is 5.16. The molecule has 1 aromatic carbocycles. The molecule has 128 valence electrons. The summed E-state index contributed by atoms with van der Waals surface area (Å²) in [6, 6.07) is 3.31. The van der Waals surface area contributed by atoms with Crippen LogP contribution in [0.25, 0.3) is 0 Å². The molecule has 0 aliphatic heterocycles. The summed E-state index contributed by atoms with van der Waals surface area (Å²) in [6.45, 7) is 5.80. The second kappa shape index (κ2) is 5.80. The molecule has 0 spiro atoms. The SMILES string of the molecule is C[C@H]1CCCC(C)(C)[C@@]1(C=O)c1ccc(OC(F)(F)F)c(F)c1. The lowest BCUT2D eigenvalue weighted by atomic mass is 9.51. The predicted molar refractivity (Wildman–Crippen MR) is 77.6 cm³/mol. The Morgan fingerprint density at radius 2 is 1.96 bits per heavy atom. The molecule has 1 aromatic rings. The zero-order chi connectivity index (χ0) is 17.5. The number of aldehydes is 1. The normalized spacial score (nSPS) is 27.5. The molecule has 0 aromatic heterocycles. The predicted octanol–water partition coefficient (Wildman–Crippen LogP) is 5.01. The van der Waals surface area contributed by atoms with Crippen molar-refractivity contribution < 1.29 is 27.1 Å². The number of halogens is 4. The first-order chi connectivity index (χ1) is 10.5. The first-order valence-electron chi connectivity index (χ1n) is 7.55. The van der Waals surface area contributed by atoms with Crippen molar-refractivity contribution in [3.63, 3.8) is 0 Å². The molecule has 2 nitrogen and oxygen atoms in total. The van der Waals surface area contributed by atoms with E-state index in [1.54, 1.807) is 0 Å². The lowest BCUT2D eigenvalue weighted by molar-refractivity contribution is -0.275. The Balaban J connectivity index is 2.50. The molecule has 0 saturated heterocycles. The van der Waals surface area contributed by atoms with Crippen LogP contribution in [0.4, 0.5) is 17.6 Å². The Bertz CT molecular complexity index is 595. The van der Waals surface area contributed by atoms with Crippen LogP contribution in [0.15, 0.2) is 18.2 Å². The van der Waals surface area contributed by atoms with Gasteiger partial charge in [-0.1, -0.05) is 33.3 Å². The van der Waals surface area contributed by atoms with Gasteiger partial charge in [-0.15, -0.1) is 13.2 Å². The fourth-order valence-corrected chi connectivity index (χ4v) is 3.94. The maximum Gasteiger partial charge on any atom is 0.573 e. The van der Waals surface area contributed by atoms with Gasteiger partial charge in [0, 0.05) is 0 Å². The summed E-state index contributed by atoms with van der Waals surface area (Å²) in [5.41, 5.74) is -0.939. The number of ether oxygens (including phenoxy) is 1. The number of benzene rings is 1. The monoisotopic (exact) mass is 332 g/mol. The number of carbonyl (C=O) groups excluding carboxylic acids is 1. The summed E-state index contributed by atoms with van der Waals surface area (Å²) >= 11 is 0. The van der Waals surface area contributed by atoms with Gasteiger partial charge in [-0.2, -0.15) is 0 Å². The number of hydrogen-bond donors (Lipinski definition) is 0. The molecule has 0 amide bonds. The quantitative estimate of drug-likeness (QED) is 0.575. The van der Waals surface area contributed by atoms with Crippen LogP contribution in [0.3, 0.4) is 0 Å². The third kappa shape index (κ3) is 3.08. The molecule has 2 rings (SSSR count). The van der Waals surface area contributed by atoms with Gasteiger partial charge in [0.15, 0.2) is 11.6 Å². The van der Waals surface area contributed by atoms with Gasteiger partial charge in [0.05, 0.1) is 5.41 Å². The van der Waals surface area contributed by atoms with E-state index in [-0.39, 0.29) is 5.92 Å². The molecule has 1 fully saturated rings. The van der Waals surface area contributed by atoms with Gasteiger partial charge in [-0.25, -0.2) is 4.39 Å². The van der Waals surface area contributed by atoms with Crippen molar-refractivity contribution in [3.8, 4) is 5.75 Å². The number of alkyl halides is 3. The Morgan fingerprint density at radius 1 is 1.30 bits per heavy atom. The second-order valence-electron chi connectivity index (χ2n) is 6.86. The van der Waals surface area contributed by atoms with Crippen molar-refractivity contribution in [1.29, 1.82) is 0 Å². The van der Waals surface area contributed by atoms with Gasteiger partial charge in [0.1, 0.15) is 6.29 Å². The summed E-state index contributed by atoms with van der Waals surface area (Å²) in [5.74, 6) is -2.03. The zero-order valence-electron chi connectivity index (χ0n) is 13.3. The lowest BCUT2D eigenvalue weighted by Gasteiger charge is -2.51. The first-order valence-corrected chi connectivity index (χ1v) is 7.55. The van der Waals surface area contributed by atoms with E-state index in [9.17, 15) is 22.4 Å². The van der Waals surface area contributed by atoms with Crippen molar-refractivity contribution in [3.05, 3.63) is 29.6 Å². The molecule has 0 unspecified atom stereocenters. The van der Waals surface area contributed by atoms with Crippen molar-refractivity contribution in [2.45, 2.75) is 51.8 Å². The number of rotatable bonds is 3. The molecule has 0 radical (unpaired) electrons. The first kappa shape index (κ1) is 17.8. The highest BCUT2D eigenvalue weighted by Crippen LogP contribution is 2.54. The van der Waals surface area contributed by atoms with Crippen molar-refractivity contribution in [2.75, 3.05) is 0 Å². The van der Waals surface area contributed by atoms with Crippen LogP contribution in [-0.4, -0.2) is 12.6 Å². The lowest BCUT2D eigenvalue weighted by Crippen LogP contribution is -2.51. The van der Waals surface area contributed by atoms with E-state index in [1.165, 1.54) is 6.07 Å². The highest BCUT2D eigenvalue weighted by atomic mass is 19.4. The van der Waals surface area contributed by atoms with Gasteiger partial charge in [-0.3, -0.25) is 0 Å². The third-order valence-electron chi connectivity index (χ3n) is 5.16. The molecular weight excluding hydrogens is 312 g/mol. The van der Waals surface area contributed by atoms with Gasteiger partial charge in [0.25, 0.3) is 0 Å². The number of carbonyl (C=O) groups is 1. The van der Waals surface area contributed by atoms with E-state index in [4.69, 9.17) is 0 Å². The van der Waals surface area contributed by atoms with Crippen LogP contribution < -0.4 is 4.74 Å². The molecule has 0 bridgehead atoms. The second-order valence-corrected chi connectivity index (χ2v) is 6.86.